The molecule has 0 aromatic heterocycles. The summed E-state index contributed by atoms with van der Waals surface area (Å²) in [6, 6.07) is 0. The van der Waals surface area contributed by atoms with E-state index in [4.69, 9.17) is 0 Å². The first-order chi connectivity index (χ1) is 3.68. The summed E-state index contributed by atoms with van der Waals surface area (Å²) in [4.78, 5) is 0. The molecule has 0 amide bonds. The molecule has 0 unspecified atom stereocenters. The van der Waals surface area contributed by atoms with Gasteiger partial charge in [0.25, 0.3) is 0 Å². The van der Waals surface area contributed by atoms with Crippen molar-refractivity contribution in [1.82, 2.24) is 5.32 Å². The van der Waals surface area contributed by atoms with Crippen LogP contribution in [0.25, 0.3) is 0 Å². The Balaban J connectivity index is 3.61. The summed E-state index contributed by atoms with van der Waals surface area (Å²) in [7, 11) is 1.92. The average molecular weight is 113 g/mol. The van der Waals surface area contributed by atoms with Gasteiger partial charge in [0.05, 0.1) is 0 Å². The predicted octanol–water partition coefficient (Wildman–Crippen LogP) is 1.77. The fraction of sp³-hybridized carbons (Fsp3) is 0.714. The van der Waals surface area contributed by atoms with E-state index in [0.29, 0.717) is 5.92 Å². The second-order valence-corrected chi connectivity index (χ2v) is 2.33. The number of hydrogen-bond donors (Lipinski definition) is 1. The van der Waals surface area contributed by atoms with Gasteiger partial charge in [0.2, 0.25) is 0 Å². The lowest BCUT2D eigenvalue weighted by Crippen LogP contribution is -1.98. The van der Waals surface area contributed by atoms with Crippen molar-refractivity contribution in [3.05, 3.63) is 11.8 Å². The van der Waals surface area contributed by atoms with E-state index in [1.807, 2.05) is 13.2 Å². The molecule has 8 heavy (non-hydrogen) atoms. The quantitative estimate of drug-likeness (QED) is 0.575. The smallest absolute Gasteiger partial charge is 0.00276 e. The zero-order valence-corrected chi connectivity index (χ0v) is 6.15. The normalized spacial score (nSPS) is 12.4. The number of nitrogens with one attached hydrogen (secondary N) is 1. The zero-order chi connectivity index (χ0) is 6.57. The van der Waals surface area contributed by atoms with Crippen molar-refractivity contribution < 1.29 is 0 Å². The maximum absolute atomic E-state index is 2.99. The third-order valence-electron chi connectivity index (χ3n) is 1.28. The second kappa shape index (κ2) is 3.53. The minimum atomic E-state index is 0.669. The van der Waals surface area contributed by atoms with Crippen molar-refractivity contribution in [2.45, 2.75) is 20.8 Å². The summed E-state index contributed by atoms with van der Waals surface area (Å²) < 4.78 is 0. The first-order valence-corrected chi connectivity index (χ1v) is 3.02. The summed E-state index contributed by atoms with van der Waals surface area (Å²) in [5.41, 5.74) is 1.40. The number of allylic oxidation sites excluding steroid dienone is 1. The van der Waals surface area contributed by atoms with Crippen molar-refractivity contribution in [1.29, 1.82) is 0 Å². The molecule has 0 aromatic carbocycles. The van der Waals surface area contributed by atoms with Crippen LogP contribution in [-0.4, -0.2) is 7.05 Å². The lowest BCUT2D eigenvalue weighted by Gasteiger charge is -2.02. The van der Waals surface area contributed by atoms with E-state index in [-0.39, 0.29) is 0 Å². The Kier molecular flexibility index (Phi) is 3.33. The van der Waals surface area contributed by atoms with E-state index >= 15 is 0 Å². The third-order valence-corrected chi connectivity index (χ3v) is 1.28. The Hall–Kier alpha value is -0.460. The molecule has 1 nitrogen and oxygen atoms in total. The van der Waals surface area contributed by atoms with Gasteiger partial charge >= 0.3 is 0 Å². The molecule has 0 bridgehead atoms. The molecule has 1 N–H and O–H groups in total. The van der Waals surface area contributed by atoms with Crippen LogP contribution in [0.3, 0.4) is 0 Å². The molecule has 48 valence electrons. The zero-order valence-electron chi connectivity index (χ0n) is 6.15. The van der Waals surface area contributed by atoms with E-state index in [0.717, 1.165) is 0 Å². The van der Waals surface area contributed by atoms with Gasteiger partial charge < -0.3 is 5.32 Å². The highest BCUT2D eigenvalue weighted by Gasteiger charge is 1.91. The van der Waals surface area contributed by atoms with Crippen molar-refractivity contribution >= 4 is 0 Å². The predicted molar refractivity (Wildman–Crippen MR) is 37.7 cm³/mol. The molecule has 0 heterocycles. The van der Waals surface area contributed by atoms with E-state index in [9.17, 15) is 0 Å². The van der Waals surface area contributed by atoms with Gasteiger partial charge in [0.15, 0.2) is 0 Å². The van der Waals surface area contributed by atoms with Gasteiger partial charge in [-0.05, 0) is 19.0 Å². The van der Waals surface area contributed by atoms with Gasteiger partial charge in [-0.1, -0.05) is 19.4 Å². The molecule has 0 radical (unpaired) electrons. The highest BCUT2D eigenvalue weighted by molar-refractivity contribution is 4.98. The molecule has 0 spiro atoms. The van der Waals surface area contributed by atoms with Gasteiger partial charge in [0, 0.05) is 7.05 Å². The van der Waals surface area contributed by atoms with E-state index in [2.05, 4.69) is 26.1 Å². The molecule has 0 atom stereocenters. The minimum absolute atomic E-state index is 0.669. The Morgan fingerprint density at radius 2 is 2.00 bits per heavy atom. The summed E-state index contributed by atoms with van der Waals surface area (Å²) in [6.45, 7) is 6.49. The highest BCUT2D eigenvalue weighted by Crippen LogP contribution is 2.04. The topological polar surface area (TPSA) is 12.0 Å². The number of hydrogen-bond acceptors (Lipinski definition) is 1. The third kappa shape index (κ3) is 2.67. The molecule has 0 fully saturated rings. The van der Waals surface area contributed by atoms with Crippen LogP contribution in [0.15, 0.2) is 11.8 Å². The Morgan fingerprint density at radius 1 is 1.50 bits per heavy atom. The lowest BCUT2D eigenvalue weighted by atomic mass is 10.1. The molecule has 0 saturated carbocycles. The highest BCUT2D eigenvalue weighted by atomic mass is 14.8. The molecule has 0 aliphatic heterocycles. The first-order valence-electron chi connectivity index (χ1n) is 3.02. The van der Waals surface area contributed by atoms with Crippen molar-refractivity contribution in [2.24, 2.45) is 5.92 Å². The van der Waals surface area contributed by atoms with Crippen molar-refractivity contribution in [3.8, 4) is 0 Å². The van der Waals surface area contributed by atoms with Crippen LogP contribution in [0.1, 0.15) is 20.8 Å². The monoisotopic (exact) mass is 113 g/mol. The first kappa shape index (κ1) is 7.54. The molecular weight excluding hydrogens is 98.1 g/mol. The second-order valence-electron chi connectivity index (χ2n) is 2.33. The van der Waals surface area contributed by atoms with Crippen LogP contribution >= 0.6 is 0 Å². The molecule has 0 aliphatic carbocycles. The van der Waals surface area contributed by atoms with Crippen molar-refractivity contribution in [2.75, 3.05) is 7.05 Å². The molecule has 1 heteroatoms. The summed E-state index contributed by atoms with van der Waals surface area (Å²) in [5, 5.41) is 2.99. The average Bonchev–Trinajstić information content (AvgIpc) is 1.67. The van der Waals surface area contributed by atoms with Gasteiger partial charge in [-0.3, -0.25) is 0 Å². The molecule has 0 saturated heterocycles. The summed E-state index contributed by atoms with van der Waals surface area (Å²) in [6.07, 6.45) is 2.03. The summed E-state index contributed by atoms with van der Waals surface area (Å²) in [5.74, 6) is 0.669. The van der Waals surface area contributed by atoms with Crippen LogP contribution in [0.2, 0.25) is 0 Å². The fourth-order valence-electron chi connectivity index (χ4n) is 0.394. The fourth-order valence-corrected chi connectivity index (χ4v) is 0.394. The maximum Gasteiger partial charge on any atom is 0.00276 e. The van der Waals surface area contributed by atoms with Gasteiger partial charge in [-0.15, -0.1) is 0 Å². The van der Waals surface area contributed by atoms with Gasteiger partial charge in [-0.2, -0.15) is 0 Å². The molecule has 0 aliphatic rings. The number of rotatable bonds is 2. The van der Waals surface area contributed by atoms with Crippen LogP contribution in [0, 0.1) is 5.92 Å². The summed E-state index contributed by atoms with van der Waals surface area (Å²) >= 11 is 0. The van der Waals surface area contributed by atoms with Gasteiger partial charge in [0.1, 0.15) is 0 Å². The maximum atomic E-state index is 2.99. The molecular formula is C7H15N. The van der Waals surface area contributed by atoms with Crippen molar-refractivity contribution in [3.63, 3.8) is 0 Å². The standard InChI is InChI=1S/C7H15N/c1-6(2)7(3)5-8-4/h5-6,8H,1-4H3/b7-5+. The minimum Gasteiger partial charge on any atom is -0.394 e. The van der Waals surface area contributed by atoms with E-state index in [1.54, 1.807) is 0 Å². The van der Waals surface area contributed by atoms with Crippen LogP contribution in [0.5, 0.6) is 0 Å². The Labute approximate surface area is 51.8 Å². The van der Waals surface area contributed by atoms with Crippen LogP contribution in [-0.2, 0) is 0 Å². The van der Waals surface area contributed by atoms with E-state index in [1.165, 1.54) is 5.57 Å². The van der Waals surface area contributed by atoms with Gasteiger partial charge in [-0.25, -0.2) is 0 Å². The Morgan fingerprint density at radius 3 is 2.12 bits per heavy atom. The van der Waals surface area contributed by atoms with E-state index < -0.39 is 0 Å². The largest absolute Gasteiger partial charge is 0.394 e. The van der Waals surface area contributed by atoms with Crippen LogP contribution in [0.4, 0.5) is 0 Å². The molecule has 0 aromatic rings. The Bertz CT molecular complexity index is 82.4. The SMILES string of the molecule is CN/C=C(\C)C(C)C. The van der Waals surface area contributed by atoms with Crippen LogP contribution < -0.4 is 5.32 Å². The lowest BCUT2D eigenvalue weighted by molar-refractivity contribution is 0.758. The molecule has 0 rings (SSSR count).